The third-order valence-corrected chi connectivity index (χ3v) is 3.08. The van der Waals surface area contributed by atoms with Crippen LogP contribution in [0, 0.1) is 0 Å². The molecule has 80 valence electrons. The van der Waals surface area contributed by atoms with Crippen LogP contribution in [-0.4, -0.2) is 28.4 Å². The topological polar surface area (TPSA) is 29.9 Å². The van der Waals surface area contributed by atoms with Crippen molar-refractivity contribution in [1.29, 1.82) is 0 Å². The number of hydrogen-bond donors (Lipinski definition) is 1. The Bertz CT molecular complexity index is 247. The van der Waals surface area contributed by atoms with Gasteiger partial charge in [0.05, 0.1) is 0 Å². The maximum atomic E-state index is 4.26. The summed E-state index contributed by atoms with van der Waals surface area (Å²) in [6, 6.07) is 0. The number of nitrogens with zero attached hydrogens (tertiary/aromatic N) is 2. The van der Waals surface area contributed by atoms with E-state index in [0.29, 0.717) is 0 Å². The third-order valence-electron chi connectivity index (χ3n) is 1.93. The van der Waals surface area contributed by atoms with Crippen LogP contribution in [0.25, 0.3) is 0 Å². The molecule has 14 heavy (non-hydrogen) atoms. The fourth-order valence-electron chi connectivity index (χ4n) is 1.15. The molecule has 0 saturated heterocycles. The van der Waals surface area contributed by atoms with E-state index in [2.05, 4.69) is 21.8 Å². The molecule has 1 N–H and O–H groups in total. The average molecular weight is 213 g/mol. The summed E-state index contributed by atoms with van der Waals surface area (Å²) in [5.74, 6) is 1.14. The van der Waals surface area contributed by atoms with E-state index in [1.165, 1.54) is 12.8 Å². The van der Waals surface area contributed by atoms with Gasteiger partial charge in [0.1, 0.15) is 0 Å². The molecular formula is C10H19N3S. The van der Waals surface area contributed by atoms with E-state index >= 15 is 0 Å². The molecule has 0 amide bonds. The minimum atomic E-state index is 1.11. The first kappa shape index (κ1) is 11.6. The van der Waals surface area contributed by atoms with Crippen molar-refractivity contribution in [1.82, 2.24) is 14.9 Å². The highest BCUT2D eigenvalue weighted by atomic mass is 32.2. The normalized spacial score (nSPS) is 10.7. The maximum Gasteiger partial charge on any atom is 0.167 e. The van der Waals surface area contributed by atoms with Crippen LogP contribution in [0.3, 0.4) is 0 Å². The lowest BCUT2D eigenvalue weighted by atomic mass is 10.4. The van der Waals surface area contributed by atoms with Gasteiger partial charge in [-0.3, -0.25) is 0 Å². The van der Waals surface area contributed by atoms with E-state index in [9.17, 15) is 0 Å². The fourth-order valence-corrected chi connectivity index (χ4v) is 2.02. The number of thioether (sulfide) groups is 1. The van der Waals surface area contributed by atoms with Crippen LogP contribution >= 0.6 is 11.8 Å². The van der Waals surface area contributed by atoms with Gasteiger partial charge in [-0.15, -0.1) is 0 Å². The Kier molecular flexibility index (Phi) is 5.71. The smallest absolute Gasteiger partial charge is 0.167 e. The van der Waals surface area contributed by atoms with Gasteiger partial charge in [0.25, 0.3) is 0 Å². The van der Waals surface area contributed by atoms with Crippen LogP contribution in [0.15, 0.2) is 17.6 Å². The molecule has 1 aromatic rings. The van der Waals surface area contributed by atoms with Crippen molar-refractivity contribution in [3.63, 3.8) is 0 Å². The standard InChI is InChI=1S/C10H19N3S/c1-3-5-11-6-4-9-14-10-12-7-8-13(10)2/h7-8,11H,3-6,9H2,1-2H3. The molecule has 4 heteroatoms. The van der Waals surface area contributed by atoms with E-state index < -0.39 is 0 Å². The van der Waals surface area contributed by atoms with Crippen molar-refractivity contribution < 1.29 is 0 Å². The summed E-state index contributed by atoms with van der Waals surface area (Å²) < 4.78 is 2.06. The third kappa shape index (κ3) is 4.15. The number of nitrogens with one attached hydrogen (secondary N) is 1. The summed E-state index contributed by atoms with van der Waals surface area (Å²) in [4.78, 5) is 4.26. The molecular weight excluding hydrogens is 194 g/mol. The van der Waals surface area contributed by atoms with Crippen molar-refractivity contribution in [2.24, 2.45) is 7.05 Å². The molecule has 0 aliphatic heterocycles. The lowest BCUT2D eigenvalue weighted by molar-refractivity contribution is 0.664. The molecule has 0 atom stereocenters. The molecule has 1 rings (SSSR count). The molecule has 1 heterocycles. The lowest BCUT2D eigenvalue weighted by Crippen LogP contribution is -2.16. The second kappa shape index (κ2) is 6.90. The molecule has 0 spiro atoms. The minimum absolute atomic E-state index is 1.11. The molecule has 0 aliphatic carbocycles. The van der Waals surface area contributed by atoms with E-state index in [-0.39, 0.29) is 0 Å². The molecule has 1 aromatic heterocycles. The zero-order valence-corrected chi connectivity index (χ0v) is 9.81. The molecule has 0 unspecified atom stereocenters. The van der Waals surface area contributed by atoms with Gasteiger partial charge >= 0.3 is 0 Å². The van der Waals surface area contributed by atoms with E-state index in [0.717, 1.165) is 24.0 Å². The van der Waals surface area contributed by atoms with Gasteiger partial charge in [-0.2, -0.15) is 0 Å². The van der Waals surface area contributed by atoms with Crippen molar-refractivity contribution in [2.45, 2.75) is 24.9 Å². The van der Waals surface area contributed by atoms with Gasteiger partial charge in [-0.25, -0.2) is 4.98 Å². The second-order valence-corrected chi connectivity index (χ2v) is 4.33. The molecule has 0 bridgehead atoms. The Balaban J connectivity index is 2.02. The highest BCUT2D eigenvalue weighted by molar-refractivity contribution is 7.99. The van der Waals surface area contributed by atoms with Crippen molar-refractivity contribution >= 4 is 11.8 Å². The zero-order chi connectivity index (χ0) is 10.2. The SMILES string of the molecule is CCCNCCCSc1nccn1C. The fraction of sp³-hybridized carbons (Fsp3) is 0.700. The number of aromatic nitrogens is 2. The quantitative estimate of drug-likeness (QED) is 0.554. The van der Waals surface area contributed by atoms with Crippen molar-refractivity contribution in [2.75, 3.05) is 18.8 Å². The monoisotopic (exact) mass is 213 g/mol. The largest absolute Gasteiger partial charge is 0.329 e. The van der Waals surface area contributed by atoms with Crippen LogP contribution in [0.5, 0.6) is 0 Å². The van der Waals surface area contributed by atoms with Crippen molar-refractivity contribution in [3.8, 4) is 0 Å². The molecule has 0 saturated carbocycles. The Morgan fingerprint density at radius 1 is 1.50 bits per heavy atom. The zero-order valence-electron chi connectivity index (χ0n) is 8.99. The van der Waals surface area contributed by atoms with Gasteiger partial charge in [-0.1, -0.05) is 18.7 Å². The summed E-state index contributed by atoms with van der Waals surface area (Å²) in [5, 5.41) is 4.50. The first-order chi connectivity index (χ1) is 6.84. The van der Waals surface area contributed by atoms with Gasteiger partial charge < -0.3 is 9.88 Å². The number of hydrogen-bond acceptors (Lipinski definition) is 3. The minimum Gasteiger partial charge on any atom is -0.329 e. The number of imidazole rings is 1. The summed E-state index contributed by atoms with van der Waals surface area (Å²) in [6.45, 7) is 4.44. The first-order valence-corrected chi connectivity index (χ1v) is 6.14. The van der Waals surface area contributed by atoms with Crippen LogP contribution in [0.4, 0.5) is 0 Å². The van der Waals surface area contributed by atoms with E-state index in [1.807, 2.05) is 31.2 Å². The van der Waals surface area contributed by atoms with Crippen LogP contribution < -0.4 is 5.32 Å². The molecule has 0 aliphatic rings. The summed E-state index contributed by atoms with van der Waals surface area (Å²) in [6.07, 6.45) is 6.25. The Morgan fingerprint density at radius 2 is 2.36 bits per heavy atom. The molecule has 3 nitrogen and oxygen atoms in total. The molecule has 0 fully saturated rings. The van der Waals surface area contributed by atoms with Gasteiger partial charge in [0.15, 0.2) is 5.16 Å². The highest BCUT2D eigenvalue weighted by Crippen LogP contribution is 2.14. The molecule has 0 aromatic carbocycles. The predicted molar refractivity (Wildman–Crippen MR) is 61.7 cm³/mol. The van der Waals surface area contributed by atoms with E-state index in [1.54, 1.807) is 0 Å². The van der Waals surface area contributed by atoms with Crippen LogP contribution in [-0.2, 0) is 7.05 Å². The number of aryl methyl sites for hydroxylation is 1. The Morgan fingerprint density at radius 3 is 3.00 bits per heavy atom. The lowest BCUT2D eigenvalue weighted by Gasteiger charge is -2.02. The first-order valence-electron chi connectivity index (χ1n) is 5.15. The molecule has 0 radical (unpaired) electrons. The summed E-state index contributed by atoms with van der Waals surface area (Å²) in [7, 11) is 2.03. The number of rotatable bonds is 7. The highest BCUT2D eigenvalue weighted by Gasteiger charge is 1.98. The summed E-state index contributed by atoms with van der Waals surface area (Å²) >= 11 is 1.82. The maximum absolute atomic E-state index is 4.26. The van der Waals surface area contributed by atoms with Gasteiger partial charge in [-0.05, 0) is 25.9 Å². The van der Waals surface area contributed by atoms with Crippen LogP contribution in [0.2, 0.25) is 0 Å². The Hall–Kier alpha value is -0.480. The predicted octanol–water partition coefficient (Wildman–Crippen LogP) is 1.90. The van der Waals surface area contributed by atoms with Crippen LogP contribution in [0.1, 0.15) is 19.8 Å². The Labute approximate surface area is 90.3 Å². The van der Waals surface area contributed by atoms with Crippen molar-refractivity contribution in [3.05, 3.63) is 12.4 Å². The van der Waals surface area contributed by atoms with Gasteiger partial charge in [0.2, 0.25) is 0 Å². The second-order valence-electron chi connectivity index (χ2n) is 3.27. The average Bonchev–Trinajstić information content (AvgIpc) is 2.58. The van der Waals surface area contributed by atoms with Gasteiger partial charge in [0, 0.05) is 25.2 Å². The summed E-state index contributed by atoms with van der Waals surface area (Å²) in [5.41, 5.74) is 0. The van der Waals surface area contributed by atoms with E-state index in [4.69, 9.17) is 0 Å².